The lowest BCUT2D eigenvalue weighted by Gasteiger charge is -2.27. The summed E-state index contributed by atoms with van der Waals surface area (Å²) in [4.78, 5) is 18.5. The standard InChI is InChI=1S/C20H18N4O2/c1-13-11-19(25)22-20(21-13)24-23-16-12-18(14-7-3-2-4-8-14)26-17-10-6-5-9-15(16)17/h2-11,18H,12H2,1H3,(H2,21,22,24,25)/b23-16+. The van der Waals surface area contributed by atoms with E-state index in [9.17, 15) is 4.79 Å². The lowest BCUT2D eigenvalue weighted by atomic mass is 9.96. The third kappa shape index (κ3) is 3.35. The van der Waals surface area contributed by atoms with Crippen LogP contribution in [-0.4, -0.2) is 15.7 Å². The Morgan fingerprint density at radius 1 is 1.15 bits per heavy atom. The van der Waals surface area contributed by atoms with E-state index in [1.165, 1.54) is 6.07 Å². The number of nitrogens with one attached hydrogen (secondary N) is 2. The third-order valence-electron chi connectivity index (χ3n) is 4.18. The summed E-state index contributed by atoms with van der Waals surface area (Å²) in [5, 5.41) is 4.51. The Bertz CT molecular complexity index is 1010. The molecule has 2 aromatic carbocycles. The van der Waals surface area contributed by atoms with Crippen molar-refractivity contribution >= 4 is 11.7 Å². The van der Waals surface area contributed by atoms with Gasteiger partial charge in [-0.15, -0.1) is 0 Å². The van der Waals surface area contributed by atoms with Crippen LogP contribution in [0.1, 0.15) is 29.3 Å². The van der Waals surface area contributed by atoms with E-state index < -0.39 is 0 Å². The number of fused-ring (bicyclic) bond motifs is 1. The minimum absolute atomic E-state index is 0.115. The summed E-state index contributed by atoms with van der Waals surface area (Å²) >= 11 is 0. The molecule has 1 unspecified atom stereocenters. The van der Waals surface area contributed by atoms with Crippen LogP contribution in [0.5, 0.6) is 5.75 Å². The molecule has 1 aliphatic heterocycles. The van der Waals surface area contributed by atoms with Crippen molar-refractivity contribution in [2.24, 2.45) is 5.10 Å². The molecular formula is C20H18N4O2. The van der Waals surface area contributed by atoms with Crippen molar-refractivity contribution in [1.29, 1.82) is 0 Å². The summed E-state index contributed by atoms with van der Waals surface area (Å²) in [6.07, 6.45) is 0.500. The molecule has 26 heavy (non-hydrogen) atoms. The number of aromatic nitrogens is 2. The molecule has 130 valence electrons. The van der Waals surface area contributed by atoms with E-state index in [-0.39, 0.29) is 11.7 Å². The molecule has 0 fully saturated rings. The maximum atomic E-state index is 11.6. The molecule has 1 aliphatic rings. The van der Waals surface area contributed by atoms with Crippen molar-refractivity contribution in [3.63, 3.8) is 0 Å². The van der Waals surface area contributed by atoms with Crippen molar-refractivity contribution in [2.45, 2.75) is 19.4 Å². The Balaban J connectivity index is 1.68. The number of rotatable bonds is 3. The van der Waals surface area contributed by atoms with Gasteiger partial charge in [0.1, 0.15) is 11.9 Å². The number of H-pyrrole nitrogens is 1. The van der Waals surface area contributed by atoms with Crippen LogP contribution >= 0.6 is 0 Å². The van der Waals surface area contributed by atoms with Crippen molar-refractivity contribution in [3.05, 3.63) is 87.8 Å². The normalized spacial score (nSPS) is 17.4. The van der Waals surface area contributed by atoms with E-state index in [0.717, 1.165) is 22.6 Å². The molecule has 2 heterocycles. The number of hydrazone groups is 1. The van der Waals surface area contributed by atoms with E-state index in [4.69, 9.17) is 4.74 Å². The molecule has 6 heteroatoms. The van der Waals surface area contributed by atoms with Gasteiger partial charge in [0.05, 0.1) is 5.71 Å². The lowest BCUT2D eigenvalue weighted by molar-refractivity contribution is 0.206. The second-order valence-electron chi connectivity index (χ2n) is 6.12. The molecule has 0 amide bonds. The Hall–Kier alpha value is -3.41. The highest BCUT2D eigenvalue weighted by Gasteiger charge is 2.26. The van der Waals surface area contributed by atoms with Crippen LogP contribution in [0.25, 0.3) is 0 Å². The fourth-order valence-electron chi connectivity index (χ4n) is 3.00. The number of benzene rings is 2. The van der Waals surface area contributed by atoms with E-state index >= 15 is 0 Å². The number of para-hydroxylation sites is 1. The Morgan fingerprint density at radius 2 is 1.92 bits per heavy atom. The molecule has 0 aliphatic carbocycles. The van der Waals surface area contributed by atoms with Crippen LogP contribution in [0.15, 0.2) is 70.6 Å². The van der Waals surface area contributed by atoms with Crippen molar-refractivity contribution in [1.82, 2.24) is 9.97 Å². The lowest BCUT2D eigenvalue weighted by Crippen LogP contribution is -2.22. The van der Waals surface area contributed by atoms with Gasteiger partial charge in [-0.05, 0) is 24.6 Å². The average molecular weight is 346 g/mol. The number of aromatic amines is 1. The van der Waals surface area contributed by atoms with Gasteiger partial charge < -0.3 is 4.74 Å². The van der Waals surface area contributed by atoms with E-state index in [1.54, 1.807) is 6.92 Å². The topological polar surface area (TPSA) is 79.4 Å². The molecule has 1 atom stereocenters. The number of aryl methyl sites for hydroxylation is 1. The van der Waals surface area contributed by atoms with Gasteiger partial charge in [-0.1, -0.05) is 42.5 Å². The third-order valence-corrected chi connectivity index (χ3v) is 4.18. The maximum Gasteiger partial charge on any atom is 0.252 e. The largest absolute Gasteiger partial charge is 0.485 e. The smallest absolute Gasteiger partial charge is 0.252 e. The first-order chi connectivity index (χ1) is 12.7. The van der Waals surface area contributed by atoms with Gasteiger partial charge in [-0.25, -0.2) is 10.4 Å². The summed E-state index contributed by atoms with van der Waals surface area (Å²) in [7, 11) is 0. The van der Waals surface area contributed by atoms with Crippen LogP contribution < -0.4 is 15.7 Å². The molecule has 3 aromatic rings. The first-order valence-electron chi connectivity index (χ1n) is 8.40. The number of ether oxygens (including phenoxy) is 1. The summed E-state index contributed by atoms with van der Waals surface area (Å²) in [5.41, 5.74) is 6.17. The monoisotopic (exact) mass is 346 g/mol. The number of hydrogen-bond donors (Lipinski definition) is 2. The molecule has 0 spiro atoms. The summed E-state index contributed by atoms with van der Waals surface area (Å²) in [6.45, 7) is 1.77. The van der Waals surface area contributed by atoms with Gasteiger partial charge in [0.15, 0.2) is 0 Å². The van der Waals surface area contributed by atoms with Crippen LogP contribution in [0.3, 0.4) is 0 Å². The number of hydrogen-bond acceptors (Lipinski definition) is 5. The summed E-state index contributed by atoms with van der Waals surface area (Å²) < 4.78 is 6.16. The number of nitrogens with zero attached hydrogens (tertiary/aromatic N) is 2. The van der Waals surface area contributed by atoms with Crippen LogP contribution in [-0.2, 0) is 0 Å². The van der Waals surface area contributed by atoms with Gasteiger partial charge in [-0.3, -0.25) is 9.78 Å². The molecular weight excluding hydrogens is 328 g/mol. The fraction of sp³-hybridized carbons (Fsp3) is 0.150. The highest BCUT2D eigenvalue weighted by molar-refractivity contribution is 6.04. The zero-order chi connectivity index (χ0) is 17.9. The van der Waals surface area contributed by atoms with E-state index in [1.807, 2.05) is 54.6 Å². The Kier molecular flexibility index (Phi) is 4.23. The first-order valence-corrected chi connectivity index (χ1v) is 8.40. The molecule has 0 saturated carbocycles. The minimum atomic E-state index is -0.213. The van der Waals surface area contributed by atoms with Gasteiger partial charge in [-0.2, -0.15) is 5.10 Å². The molecule has 0 bridgehead atoms. The molecule has 0 saturated heterocycles. The van der Waals surface area contributed by atoms with Crippen LogP contribution in [0.2, 0.25) is 0 Å². The molecule has 6 nitrogen and oxygen atoms in total. The minimum Gasteiger partial charge on any atom is -0.485 e. The second-order valence-corrected chi connectivity index (χ2v) is 6.12. The summed E-state index contributed by atoms with van der Waals surface area (Å²) in [5.74, 6) is 1.11. The van der Waals surface area contributed by atoms with Crippen molar-refractivity contribution < 1.29 is 4.74 Å². The maximum absolute atomic E-state index is 11.6. The van der Waals surface area contributed by atoms with Crippen molar-refractivity contribution in [3.8, 4) is 5.75 Å². The quantitative estimate of drug-likeness (QED) is 0.712. The van der Waals surface area contributed by atoms with Gasteiger partial charge in [0, 0.05) is 23.7 Å². The van der Waals surface area contributed by atoms with Crippen molar-refractivity contribution in [2.75, 3.05) is 5.43 Å². The number of anilines is 1. The highest BCUT2D eigenvalue weighted by atomic mass is 16.5. The van der Waals surface area contributed by atoms with E-state index in [2.05, 4.69) is 20.5 Å². The predicted molar refractivity (Wildman–Crippen MR) is 101 cm³/mol. The Morgan fingerprint density at radius 3 is 2.73 bits per heavy atom. The van der Waals surface area contributed by atoms with Gasteiger partial charge >= 0.3 is 0 Å². The molecule has 0 radical (unpaired) electrons. The predicted octanol–water partition coefficient (Wildman–Crippen LogP) is 3.42. The Labute approximate surface area is 150 Å². The molecule has 2 N–H and O–H groups in total. The fourth-order valence-corrected chi connectivity index (χ4v) is 3.00. The van der Waals surface area contributed by atoms with Crippen LogP contribution in [0, 0.1) is 6.92 Å². The molecule has 1 aromatic heterocycles. The summed E-state index contributed by atoms with van der Waals surface area (Å²) in [6, 6.07) is 19.3. The van der Waals surface area contributed by atoms with Gasteiger partial charge in [0.2, 0.25) is 5.95 Å². The average Bonchev–Trinajstić information content (AvgIpc) is 2.66. The zero-order valence-corrected chi connectivity index (χ0v) is 14.3. The van der Waals surface area contributed by atoms with Gasteiger partial charge in [0.25, 0.3) is 5.56 Å². The molecule has 4 rings (SSSR count). The SMILES string of the molecule is Cc1cc(=O)[nH]c(N/N=C2\CC(c3ccccc3)Oc3ccccc32)n1. The van der Waals surface area contributed by atoms with Crippen LogP contribution in [0.4, 0.5) is 5.95 Å². The zero-order valence-electron chi connectivity index (χ0n) is 14.3. The first kappa shape index (κ1) is 16.1. The van der Waals surface area contributed by atoms with E-state index in [0.29, 0.717) is 18.1 Å². The second kappa shape index (κ2) is 6.84. The highest BCUT2D eigenvalue weighted by Crippen LogP contribution is 2.35.